The third-order valence-electron chi connectivity index (χ3n) is 1.57. The van der Waals surface area contributed by atoms with Crippen molar-refractivity contribution < 1.29 is 4.79 Å². The summed E-state index contributed by atoms with van der Waals surface area (Å²) >= 11 is 0. The van der Waals surface area contributed by atoms with Gasteiger partial charge in [-0.1, -0.05) is 12.1 Å². The van der Waals surface area contributed by atoms with Crippen LogP contribution in [0.25, 0.3) is 10.9 Å². The van der Waals surface area contributed by atoms with Crippen molar-refractivity contribution in [3.8, 4) is 0 Å². The van der Waals surface area contributed by atoms with Gasteiger partial charge < -0.3 is 17.2 Å². The zero-order valence-electron chi connectivity index (χ0n) is 7.92. The molecule has 6 N–H and O–H groups in total. The number of fused-ring (bicyclic) bond motifs is 1. The van der Waals surface area contributed by atoms with Gasteiger partial charge in [0.05, 0.1) is 5.52 Å². The number of nitrogen functional groups attached to an aromatic ring is 1. The van der Waals surface area contributed by atoms with E-state index in [9.17, 15) is 0 Å². The first-order chi connectivity index (χ1) is 7.11. The molecule has 15 heavy (non-hydrogen) atoms. The van der Waals surface area contributed by atoms with Gasteiger partial charge in [-0.25, -0.2) is 14.8 Å². The Morgan fingerprint density at radius 1 is 1.13 bits per heavy atom. The second kappa shape index (κ2) is 4.75. The fraction of sp³-hybridized carbons (Fsp3) is 0. The summed E-state index contributed by atoms with van der Waals surface area (Å²) in [5, 5.41) is 0.912. The summed E-state index contributed by atoms with van der Waals surface area (Å²) in [7, 11) is 0. The molecule has 0 saturated heterocycles. The largest absolute Gasteiger partial charge is 0.383 e. The molecular formula is C9H11N5O. The highest BCUT2D eigenvalue weighted by atomic mass is 16.2. The van der Waals surface area contributed by atoms with E-state index in [0.29, 0.717) is 5.82 Å². The van der Waals surface area contributed by atoms with Gasteiger partial charge in [-0.3, -0.25) is 0 Å². The molecule has 0 aliphatic heterocycles. The molecule has 0 saturated carbocycles. The van der Waals surface area contributed by atoms with Crippen LogP contribution in [-0.2, 0) is 0 Å². The molecule has 0 radical (unpaired) electrons. The SMILES string of the molecule is NC(N)=O.Nc1ncnc2ccccc12. The highest BCUT2D eigenvalue weighted by molar-refractivity contribution is 5.87. The van der Waals surface area contributed by atoms with Crippen LogP contribution in [0.15, 0.2) is 30.6 Å². The minimum atomic E-state index is -0.833. The molecule has 78 valence electrons. The Kier molecular flexibility index (Phi) is 3.39. The summed E-state index contributed by atoms with van der Waals surface area (Å²) in [5.74, 6) is 0.538. The molecule has 0 aliphatic carbocycles. The molecule has 2 rings (SSSR count). The lowest BCUT2D eigenvalue weighted by Gasteiger charge is -1.96. The van der Waals surface area contributed by atoms with Gasteiger partial charge in [0, 0.05) is 5.39 Å². The lowest BCUT2D eigenvalue weighted by molar-refractivity contribution is 0.256. The van der Waals surface area contributed by atoms with Crippen molar-refractivity contribution in [3.63, 3.8) is 0 Å². The fourth-order valence-electron chi connectivity index (χ4n) is 1.03. The maximum atomic E-state index is 9.00. The van der Waals surface area contributed by atoms with E-state index in [2.05, 4.69) is 21.4 Å². The topological polar surface area (TPSA) is 121 Å². The van der Waals surface area contributed by atoms with Crippen LogP contribution in [0.2, 0.25) is 0 Å². The quantitative estimate of drug-likeness (QED) is 0.570. The number of primary amides is 2. The second-order valence-electron chi connectivity index (χ2n) is 2.68. The molecule has 2 amide bonds. The minimum absolute atomic E-state index is 0.538. The van der Waals surface area contributed by atoms with Gasteiger partial charge in [0.25, 0.3) is 0 Å². The first kappa shape index (κ1) is 10.7. The predicted octanol–water partition coefficient (Wildman–Crippen LogP) is 0.236. The predicted molar refractivity (Wildman–Crippen MR) is 57.7 cm³/mol. The maximum Gasteiger partial charge on any atom is 0.309 e. The van der Waals surface area contributed by atoms with E-state index >= 15 is 0 Å². The van der Waals surface area contributed by atoms with E-state index in [1.54, 1.807) is 0 Å². The van der Waals surface area contributed by atoms with Gasteiger partial charge in [0.1, 0.15) is 12.1 Å². The third kappa shape index (κ3) is 3.11. The van der Waals surface area contributed by atoms with Crippen LogP contribution >= 0.6 is 0 Å². The smallest absolute Gasteiger partial charge is 0.309 e. The number of aromatic nitrogens is 2. The molecule has 1 aromatic heterocycles. The Morgan fingerprint density at radius 3 is 2.33 bits per heavy atom. The molecule has 0 bridgehead atoms. The average molecular weight is 205 g/mol. The highest BCUT2D eigenvalue weighted by Gasteiger charge is 1.95. The van der Waals surface area contributed by atoms with Gasteiger partial charge in [0.15, 0.2) is 0 Å². The highest BCUT2D eigenvalue weighted by Crippen LogP contribution is 2.14. The van der Waals surface area contributed by atoms with Gasteiger partial charge in [-0.15, -0.1) is 0 Å². The Bertz CT molecular complexity index is 462. The number of carbonyl (C=O) groups excluding carboxylic acids is 1. The van der Waals surface area contributed by atoms with Crippen LogP contribution in [0.1, 0.15) is 0 Å². The van der Waals surface area contributed by atoms with Crippen LogP contribution in [0, 0.1) is 0 Å². The molecule has 0 spiro atoms. The second-order valence-corrected chi connectivity index (χ2v) is 2.68. The number of anilines is 1. The number of hydrogen-bond acceptors (Lipinski definition) is 4. The lowest BCUT2D eigenvalue weighted by atomic mass is 10.2. The number of carbonyl (C=O) groups is 1. The fourth-order valence-corrected chi connectivity index (χ4v) is 1.03. The average Bonchev–Trinajstić information content (AvgIpc) is 2.18. The molecule has 0 fully saturated rings. The molecule has 1 aromatic carbocycles. The van der Waals surface area contributed by atoms with Crippen LogP contribution < -0.4 is 17.2 Å². The lowest BCUT2D eigenvalue weighted by Crippen LogP contribution is -2.18. The molecule has 0 aliphatic rings. The van der Waals surface area contributed by atoms with E-state index in [1.165, 1.54) is 6.33 Å². The van der Waals surface area contributed by atoms with Gasteiger partial charge in [0.2, 0.25) is 0 Å². The van der Waals surface area contributed by atoms with Crippen LogP contribution in [0.5, 0.6) is 0 Å². The molecular weight excluding hydrogens is 194 g/mol. The molecule has 2 aromatic rings. The molecule has 6 heteroatoms. The molecule has 6 nitrogen and oxygen atoms in total. The number of amides is 2. The summed E-state index contributed by atoms with van der Waals surface area (Å²) in [6, 6.07) is 6.83. The monoisotopic (exact) mass is 205 g/mol. The number of nitrogens with zero attached hydrogens (tertiary/aromatic N) is 2. The Labute approximate surface area is 86.1 Å². The van der Waals surface area contributed by atoms with E-state index in [1.807, 2.05) is 24.3 Å². The van der Waals surface area contributed by atoms with Crippen molar-refractivity contribution in [3.05, 3.63) is 30.6 Å². The van der Waals surface area contributed by atoms with Crippen molar-refractivity contribution in [2.24, 2.45) is 11.5 Å². The van der Waals surface area contributed by atoms with Crippen LogP contribution in [0.4, 0.5) is 10.6 Å². The normalized spacial score (nSPS) is 9.07. The van der Waals surface area contributed by atoms with E-state index in [4.69, 9.17) is 10.5 Å². The van der Waals surface area contributed by atoms with Crippen molar-refractivity contribution in [1.82, 2.24) is 9.97 Å². The van der Waals surface area contributed by atoms with Crippen molar-refractivity contribution in [2.75, 3.05) is 5.73 Å². The Hall–Kier alpha value is -2.37. The number of benzene rings is 1. The number of hydrogen-bond donors (Lipinski definition) is 3. The summed E-state index contributed by atoms with van der Waals surface area (Å²) in [4.78, 5) is 16.9. The van der Waals surface area contributed by atoms with Gasteiger partial charge >= 0.3 is 6.03 Å². The third-order valence-corrected chi connectivity index (χ3v) is 1.57. The number of para-hydroxylation sites is 1. The van der Waals surface area contributed by atoms with Crippen molar-refractivity contribution >= 4 is 22.8 Å². The standard InChI is InChI=1S/C8H7N3.CH4N2O/c9-8-6-3-1-2-4-7(6)10-5-11-8;2-1(3)4/h1-5H,(H2,9,10,11);(H4,2,3,4). The Morgan fingerprint density at radius 2 is 1.73 bits per heavy atom. The van der Waals surface area contributed by atoms with E-state index < -0.39 is 6.03 Å². The number of rotatable bonds is 0. The molecule has 0 atom stereocenters. The summed E-state index contributed by atoms with van der Waals surface area (Å²) in [6.07, 6.45) is 1.47. The van der Waals surface area contributed by atoms with E-state index in [0.717, 1.165) is 10.9 Å². The summed E-state index contributed by atoms with van der Waals surface area (Å²) in [5.41, 5.74) is 15.0. The minimum Gasteiger partial charge on any atom is -0.383 e. The van der Waals surface area contributed by atoms with Gasteiger partial charge in [-0.2, -0.15) is 0 Å². The van der Waals surface area contributed by atoms with Gasteiger partial charge in [-0.05, 0) is 12.1 Å². The van der Waals surface area contributed by atoms with E-state index in [-0.39, 0.29) is 0 Å². The van der Waals surface area contributed by atoms with Crippen LogP contribution in [0.3, 0.4) is 0 Å². The summed E-state index contributed by atoms with van der Waals surface area (Å²) < 4.78 is 0. The van der Waals surface area contributed by atoms with Crippen molar-refractivity contribution in [1.29, 1.82) is 0 Å². The zero-order chi connectivity index (χ0) is 11.3. The molecule has 0 unspecified atom stereocenters. The first-order valence-electron chi connectivity index (χ1n) is 4.11. The molecule has 1 heterocycles. The zero-order valence-corrected chi connectivity index (χ0v) is 7.92. The van der Waals surface area contributed by atoms with Crippen molar-refractivity contribution in [2.45, 2.75) is 0 Å². The number of urea groups is 1. The Balaban J connectivity index is 0.000000245. The maximum absolute atomic E-state index is 9.00. The van der Waals surface area contributed by atoms with Crippen LogP contribution in [-0.4, -0.2) is 16.0 Å². The summed E-state index contributed by atoms with van der Waals surface area (Å²) in [6.45, 7) is 0. The first-order valence-corrected chi connectivity index (χ1v) is 4.11. The number of nitrogens with two attached hydrogens (primary N) is 3.